The van der Waals surface area contributed by atoms with Gasteiger partial charge >= 0.3 is 0 Å². The zero-order chi connectivity index (χ0) is 19.4. The fourth-order valence-electron chi connectivity index (χ4n) is 3.61. The fraction of sp³-hybridized carbons (Fsp3) is 0.455. The zero-order valence-corrected chi connectivity index (χ0v) is 16.4. The van der Waals surface area contributed by atoms with Crippen molar-refractivity contribution in [1.82, 2.24) is 9.88 Å². The van der Waals surface area contributed by atoms with Crippen molar-refractivity contribution in [1.29, 1.82) is 0 Å². The first-order valence-corrected chi connectivity index (χ1v) is 9.69. The van der Waals surface area contributed by atoms with E-state index < -0.39 is 0 Å². The van der Waals surface area contributed by atoms with Gasteiger partial charge in [-0.1, -0.05) is 44.5 Å². The monoisotopic (exact) mass is 368 g/mol. The quantitative estimate of drug-likeness (QED) is 0.877. The van der Waals surface area contributed by atoms with E-state index >= 15 is 0 Å². The van der Waals surface area contributed by atoms with E-state index in [0.29, 0.717) is 30.3 Å². The van der Waals surface area contributed by atoms with E-state index in [1.165, 1.54) is 18.7 Å². The Morgan fingerprint density at radius 2 is 1.93 bits per heavy atom. The van der Waals surface area contributed by atoms with Crippen LogP contribution in [0.15, 0.2) is 35.1 Å². The molecule has 0 atom stereocenters. The number of hydrogen-bond acceptors (Lipinski definition) is 3. The van der Waals surface area contributed by atoms with Crippen LogP contribution < -0.4 is 15.6 Å². The van der Waals surface area contributed by atoms with Crippen molar-refractivity contribution >= 4 is 5.91 Å². The first kappa shape index (κ1) is 19.2. The van der Waals surface area contributed by atoms with Crippen LogP contribution in [-0.2, 0) is 19.5 Å². The minimum Gasteiger partial charge on any atom is -0.496 e. The van der Waals surface area contributed by atoms with Crippen molar-refractivity contribution in [2.75, 3.05) is 7.11 Å². The van der Waals surface area contributed by atoms with Crippen LogP contribution in [0.5, 0.6) is 5.75 Å². The Morgan fingerprint density at radius 1 is 1.19 bits per heavy atom. The molecule has 1 aromatic carbocycles. The highest BCUT2D eigenvalue weighted by atomic mass is 16.5. The van der Waals surface area contributed by atoms with Gasteiger partial charge in [0.15, 0.2) is 0 Å². The molecule has 0 bridgehead atoms. The van der Waals surface area contributed by atoms with Gasteiger partial charge < -0.3 is 14.6 Å². The molecule has 144 valence electrons. The Bertz CT molecular complexity index is 866. The number of methoxy groups -OCH3 is 1. The summed E-state index contributed by atoms with van der Waals surface area (Å²) in [5.74, 6) is 0.655. The van der Waals surface area contributed by atoms with Gasteiger partial charge in [0, 0.05) is 24.8 Å². The fourth-order valence-corrected chi connectivity index (χ4v) is 3.61. The smallest absolute Gasteiger partial charge is 0.257 e. The second-order valence-corrected chi connectivity index (χ2v) is 7.41. The number of benzene rings is 1. The van der Waals surface area contributed by atoms with Crippen molar-refractivity contribution in [3.63, 3.8) is 0 Å². The minimum atomic E-state index is -0.189. The highest BCUT2D eigenvalue weighted by molar-refractivity contribution is 5.98. The zero-order valence-electron chi connectivity index (χ0n) is 16.4. The Hall–Kier alpha value is -2.56. The molecule has 1 aliphatic heterocycles. The molecular formula is C22H28N2O3. The molecular weight excluding hydrogens is 340 g/mol. The van der Waals surface area contributed by atoms with Crippen LogP contribution in [-0.4, -0.2) is 17.6 Å². The van der Waals surface area contributed by atoms with Crippen molar-refractivity contribution in [3.05, 3.63) is 63.1 Å². The van der Waals surface area contributed by atoms with Crippen LogP contribution in [0.3, 0.4) is 0 Å². The number of pyridine rings is 1. The molecule has 1 amide bonds. The average Bonchev–Trinajstić information content (AvgIpc) is 2.92. The van der Waals surface area contributed by atoms with E-state index in [1.807, 2.05) is 12.1 Å². The molecule has 2 heterocycles. The lowest BCUT2D eigenvalue weighted by atomic mass is 10.0. The molecule has 1 aliphatic rings. The molecule has 3 rings (SSSR count). The van der Waals surface area contributed by atoms with E-state index in [0.717, 1.165) is 36.9 Å². The molecule has 0 spiro atoms. The molecule has 0 aliphatic carbocycles. The Morgan fingerprint density at radius 3 is 2.59 bits per heavy atom. The molecule has 27 heavy (non-hydrogen) atoms. The largest absolute Gasteiger partial charge is 0.496 e. The first-order valence-electron chi connectivity index (χ1n) is 9.69. The van der Waals surface area contributed by atoms with Crippen LogP contribution >= 0.6 is 0 Å². The number of ether oxygens (including phenoxy) is 1. The van der Waals surface area contributed by atoms with Gasteiger partial charge in [0.2, 0.25) is 0 Å². The van der Waals surface area contributed by atoms with Gasteiger partial charge in [0.25, 0.3) is 11.5 Å². The number of carbonyl (C=O) groups is 1. The van der Waals surface area contributed by atoms with Crippen LogP contribution in [0.2, 0.25) is 0 Å². The van der Waals surface area contributed by atoms with Gasteiger partial charge in [0.05, 0.1) is 7.11 Å². The summed E-state index contributed by atoms with van der Waals surface area (Å²) in [7, 11) is 1.50. The number of nitrogens with one attached hydrogen (secondary N) is 1. The summed E-state index contributed by atoms with van der Waals surface area (Å²) in [6, 6.07) is 9.72. The Labute approximate surface area is 160 Å². The van der Waals surface area contributed by atoms with Crippen molar-refractivity contribution in [2.24, 2.45) is 0 Å². The third kappa shape index (κ3) is 4.24. The molecule has 0 radical (unpaired) electrons. The molecule has 1 N–H and O–H groups in total. The van der Waals surface area contributed by atoms with Crippen LogP contribution in [0.1, 0.15) is 66.2 Å². The summed E-state index contributed by atoms with van der Waals surface area (Å²) < 4.78 is 7.11. The van der Waals surface area contributed by atoms with Gasteiger partial charge in [-0.2, -0.15) is 0 Å². The van der Waals surface area contributed by atoms with Crippen LogP contribution in [0, 0.1) is 0 Å². The van der Waals surface area contributed by atoms with Gasteiger partial charge in [-0.15, -0.1) is 0 Å². The average molecular weight is 368 g/mol. The van der Waals surface area contributed by atoms with Gasteiger partial charge in [-0.05, 0) is 36.3 Å². The molecule has 0 fully saturated rings. The van der Waals surface area contributed by atoms with Crippen molar-refractivity contribution in [3.8, 4) is 5.75 Å². The maximum atomic E-state index is 13.0. The third-order valence-corrected chi connectivity index (χ3v) is 5.22. The highest BCUT2D eigenvalue weighted by Crippen LogP contribution is 2.24. The van der Waals surface area contributed by atoms with E-state index in [1.54, 1.807) is 4.57 Å². The minimum absolute atomic E-state index is 0.0930. The van der Waals surface area contributed by atoms with Gasteiger partial charge in [-0.3, -0.25) is 9.59 Å². The number of aromatic nitrogens is 1. The second kappa shape index (κ2) is 8.42. The molecule has 2 aromatic rings. The number of rotatable bonds is 5. The van der Waals surface area contributed by atoms with Crippen LogP contribution in [0.25, 0.3) is 0 Å². The lowest BCUT2D eigenvalue weighted by molar-refractivity contribution is 0.0945. The van der Waals surface area contributed by atoms with E-state index in [4.69, 9.17) is 4.74 Å². The highest BCUT2D eigenvalue weighted by Gasteiger charge is 2.23. The summed E-state index contributed by atoms with van der Waals surface area (Å²) in [6.07, 6.45) is 3.72. The third-order valence-electron chi connectivity index (χ3n) is 5.22. The summed E-state index contributed by atoms with van der Waals surface area (Å²) in [5, 5.41) is 2.99. The molecule has 1 aromatic heterocycles. The first-order chi connectivity index (χ1) is 13.0. The maximum Gasteiger partial charge on any atom is 0.257 e. The standard InChI is InChI=1S/C22H28N2O3/c1-15(2)17-10-8-16(9-11-17)14-23-22(26)21-18-7-5-4-6-12-24(18)20(25)13-19(21)27-3/h8-11,13,15H,4-7,12,14H2,1-3H3,(H,23,26). The van der Waals surface area contributed by atoms with Gasteiger partial charge in [-0.25, -0.2) is 0 Å². The lowest BCUT2D eigenvalue weighted by Crippen LogP contribution is -2.30. The predicted molar refractivity (Wildman–Crippen MR) is 107 cm³/mol. The topological polar surface area (TPSA) is 60.3 Å². The number of amides is 1. The van der Waals surface area contributed by atoms with Crippen LogP contribution in [0.4, 0.5) is 0 Å². The van der Waals surface area contributed by atoms with Gasteiger partial charge in [0.1, 0.15) is 11.3 Å². The SMILES string of the molecule is COc1cc(=O)n2c(c1C(=O)NCc1ccc(C(C)C)cc1)CCCCC2. The molecule has 5 nitrogen and oxygen atoms in total. The Kier molecular flexibility index (Phi) is 5.99. The number of carbonyl (C=O) groups excluding carboxylic acids is 1. The molecule has 0 saturated heterocycles. The number of fused-ring (bicyclic) bond motifs is 1. The van der Waals surface area contributed by atoms with E-state index in [-0.39, 0.29) is 11.5 Å². The molecule has 0 unspecified atom stereocenters. The summed E-state index contributed by atoms with van der Waals surface area (Å²) in [5.41, 5.74) is 3.53. The number of hydrogen-bond donors (Lipinski definition) is 1. The lowest BCUT2D eigenvalue weighted by Gasteiger charge is -2.17. The van der Waals surface area contributed by atoms with Crippen molar-refractivity contribution in [2.45, 2.75) is 58.5 Å². The molecule has 0 saturated carbocycles. The predicted octanol–water partition coefficient (Wildman–Crippen LogP) is 3.64. The van der Waals surface area contributed by atoms with Crippen molar-refractivity contribution < 1.29 is 9.53 Å². The maximum absolute atomic E-state index is 13.0. The summed E-state index contributed by atoms with van der Waals surface area (Å²) in [6.45, 7) is 5.42. The Balaban J connectivity index is 1.84. The normalized spacial score (nSPS) is 13.8. The second-order valence-electron chi connectivity index (χ2n) is 7.41. The number of nitrogens with zero attached hydrogens (tertiary/aromatic N) is 1. The van der Waals surface area contributed by atoms with E-state index in [2.05, 4.69) is 31.3 Å². The van der Waals surface area contributed by atoms with E-state index in [9.17, 15) is 9.59 Å². The summed E-state index contributed by atoms with van der Waals surface area (Å²) >= 11 is 0. The summed E-state index contributed by atoms with van der Waals surface area (Å²) in [4.78, 5) is 25.4. The molecule has 5 heteroatoms.